The van der Waals surface area contributed by atoms with E-state index in [0.717, 1.165) is 30.4 Å². The number of hydrogen-bond acceptors (Lipinski definition) is 7. The number of amides is 4. The van der Waals surface area contributed by atoms with Crippen molar-refractivity contribution < 1.29 is 33.8 Å². The lowest BCUT2D eigenvalue weighted by molar-refractivity contribution is -0.142. The summed E-state index contributed by atoms with van der Waals surface area (Å²) in [7, 11) is 0. The maximum Gasteiger partial charge on any atom is 0.410 e. The minimum atomic E-state index is -1.18. The van der Waals surface area contributed by atoms with Gasteiger partial charge in [-0.2, -0.15) is 0 Å². The van der Waals surface area contributed by atoms with Crippen molar-refractivity contribution in [3.63, 3.8) is 0 Å². The van der Waals surface area contributed by atoms with Crippen molar-refractivity contribution in [2.24, 2.45) is 5.11 Å². The molecule has 256 valence electrons. The van der Waals surface area contributed by atoms with Crippen molar-refractivity contribution in [1.29, 1.82) is 0 Å². The van der Waals surface area contributed by atoms with Crippen molar-refractivity contribution in [3.8, 4) is 0 Å². The Kier molecular flexibility index (Phi) is 19.2. The lowest BCUT2D eigenvalue weighted by Gasteiger charge is -2.24. The highest BCUT2D eigenvalue weighted by Gasteiger charge is 2.22. The number of benzene rings is 2. The van der Waals surface area contributed by atoms with Crippen LogP contribution < -0.4 is 16.0 Å². The Hall–Kier alpha value is -4.81. The molecule has 0 saturated heterocycles. The van der Waals surface area contributed by atoms with Gasteiger partial charge in [0.05, 0.1) is 6.61 Å². The first kappa shape index (κ1) is 38.4. The molecule has 0 bridgehead atoms. The molecule has 0 fully saturated rings. The molecule has 0 aromatic heterocycles. The van der Waals surface area contributed by atoms with Gasteiger partial charge < -0.3 is 35.4 Å². The fourth-order valence-corrected chi connectivity index (χ4v) is 4.49. The standard InChI is InChI=1S/C33H47N7O7/c1-26(37-32(43)44)19-23-40(33(45)47-25-28-16-8-5-9-17-28)22-13-12-20-35-30(42)31(46-24-27-14-6-4-7-15-27)38-29(41)18-10-2-3-11-21-36-39-34/h4-9,14-17,26,31,37H,2-3,10-13,18-25H2,1H3,(H,35,42)(H,38,41)(H,43,44)/t26-,31-/m1/s1. The van der Waals surface area contributed by atoms with Gasteiger partial charge in [-0.25, -0.2) is 9.59 Å². The first-order valence-electron chi connectivity index (χ1n) is 16.0. The highest BCUT2D eigenvalue weighted by atomic mass is 16.6. The lowest BCUT2D eigenvalue weighted by Crippen LogP contribution is -2.48. The smallest absolute Gasteiger partial charge is 0.410 e. The van der Waals surface area contributed by atoms with E-state index in [1.54, 1.807) is 6.92 Å². The number of carbonyl (C=O) groups excluding carboxylic acids is 3. The molecule has 14 heteroatoms. The molecule has 4 amide bonds. The molecule has 0 spiro atoms. The zero-order chi connectivity index (χ0) is 34.1. The van der Waals surface area contributed by atoms with E-state index in [4.69, 9.17) is 20.1 Å². The Morgan fingerprint density at radius 1 is 0.872 bits per heavy atom. The molecular formula is C33H47N7O7. The number of nitrogens with zero attached hydrogens (tertiary/aromatic N) is 4. The molecule has 0 heterocycles. The lowest BCUT2D eigenvalue weighted by atomic mass is 10.1. The first-order valence-corrected chi connectivity index (χ1v) is 16.0. The van der Waals surface area contributed by atoms with Crippen molar-refractivity contribution in [2.75, 3.05) is 26.2 Å². The van der Waals surface area contributed by atoms with Gasteiger partial charge in [-0.15, -0.1) is 0 Å². The number of ether oxygens (including phenoxy) is 2. The Morgan fingerprint density at radius 2 is 1.53 bits per heavy atom. The molecular weight excluding hydrogens is 606 g/mol. The molecule has 2 aromatic carbocycles. The van der Waals surface area contributed by atoms with Crippen LogP contribution in [0.25, 0.3) is 10.4 Å². The van der Waals surface area contributed by atoms with Gasteiger partial charge in [0.1, 0.15) is 6.61 Å². The predicted molar refractivity (Wildman–Crippen MR) is 176 cm³/mol. The van der Waals surface area contributed by atoms with Crippen LogP contribution in [0.5, 0.6) is 0 Å². The van der Waals surface area contributed by atoms with E-state index in [0.29, 0.717) is 38.8 Å². The average molecular weight is 654 g/mol. The van der Waals surface area contributed by atoms with Crippen LogP contribution in [-0.2, 0) is 32.3 Å². The number of carbonyl (C=O) groups is 4. The van der Waals surface area contributed by atoms with Gasteiger partial charge in [-0.1, -0.05) is 78.6 Å². The number of azide groups is 1. The molecule has 2 aromatic rings. The Balaban J connectivity index is 1.85. The minimum absolute atomic E-state index is 0.114. The van der Waals surface area contributed by atoms with Crippen LogP contribution in [0.1, 0.15) is 69.4 Å². The van der Waals surface area contributed by atoms with Crippen molar-refractivity contribution in [3.05, 3.63) is 82.2 Å². The first-order chi connectivity index (χ1) is 22.8. The number of hydrogen-bond donors (Lipinski definition) is 4. The fraction of sp³-hybridized carbons (Fsp3) is 0.515. The van der Waals surface area contributed by atoms with Crippen molar-refractivity contribution >= 4 is 24.0 Å². The zero-order valence-corrected chi connectivity index (χ0v) is 27.0. The van der Waals surface area contributed by atoms with Crippen LogP contribution in [0, 0.1) is 0 Å². The van der Waals surface area contributed by atoms with Crippen LogP contribution in [0.15, 0.2) is 65.8 Å². The Morgan fingerprint density at radius 3 is 2.19 bits per heavy atom. The molecule has 0 aliphatic carbocycles. The Labute approximate surface area is 275 Å². The van der Waals surface area contributed by atoms with E-state index in [-0.39, 0.29) is 44.7 Å². The molecule has 0 unspecified atom stereocenters. The van der Waals surface area contributed by atoms with Gasteiger partial charge in [0, 0.05) is 43.6 Å². The molecule has 0 aliphatic rings. The summed E-state index contributed by atoms with van der Waals surface area (Å²) in [5.74, 6) is -0.777. The second-order valence-electron chi connectivity index (χ2n) is 11.0. The fourth-order valence-electron chi connectivity index (χ4n) is 4.49. The van der Waals surface area contributed by atoms with Crippen molar-refractivity contribution in [2.45, 2.75) is 83.8 Å². The summed E-state index contributed by atoms with van der Waals surface area (Å²) in [5.41, 5.74) is 10.0. The van der Waals surface area contributed by atoms with Gasteiger partial charge >= 0.3 is 12.2 Å². The molecule has 0 radical (unpaired) electrons. The minimum Gasteiger partial charge on any atom is -0.465 e. The monoisotopic (exact) mass is 653 g/mol. The largest absolute Gasteiger partial charge is 0.465 e. The van der Waals surface area contributed by atoms with Crippen molar-refractivity contribution in [1.82, 2.24) is 20.9 Å². The molecule has 47 heavy (non-hydrogen) atoms. The SMILES string of the molecule is C[C@H](CCN(CCCCNC(=O)[C@H](NC(=O)CCCCCCN=[N+]=[N-])OCc1ccccc1)C(=O)OCc1ccccc1)NC(=O)O. The molecule has 2 atom stereocenters. The van der Waals surface area contributed by atoms with Gasteiger partial charge in [0.2, 0.25) is 12.1 Å². The normalized spacial score (nSPS) is 11.8. The molecule has 4 N–H and O–H groups in total. The molecule has 14 nitrogen and oxygen atoms in total. The van der Waals surface area contributed by atoms with E-state index >= 15 is 0 Å². The third-order valence-electron chi connectivity index (χ3n) is 7.08. The summed E-state index contributed by atoms with van der Waals surface area (Å²) < 4.78 is 11.3. The van der Waals surface area contributed by atoms with Gasteiger partial charge in [-0.05, 0) is 55.7 Å². The van der Waals surface area contributed by atoms with E-state index in [9.17, 15) is 19.2 Å². The predicted octanol–water partition coefficient (Wildman–Crippen LogP) is 5.49. The second kappa shape index (κ2) is 23.5. The van der Waals surface area contributed by atoms with E-state index in [1.165, 1.54) is 4.90 Å². The molecule has 0 saturated carbocycles. The van der Waals surface area contributed by atoms with Crippen LogP contribution in [0.2, 0.25) is 0 Å². The van der Waals surface area contributed by atoms with E-state index in [1.807, 2.05) is 60.7 Å². The number of carboxylic acid groups (broad SMARTS) is 1. The quantitative estimate of drug-likeness (QED) is 0.0400. The number of unbranched alkanes of at least 4 members (excludes halogenated alkanes) is 4. The summed E-state index contributed by atoms with van der Waals surface area (Å²) in [6.45, 7) is 3.32. The van der Waals surface area contributed by atoms with Crippen LogP contribution in [0.3, 0.4) is 0 Å². The third kappa shape index (κ3) is 18.1. The highest BCUT2D eigenvalue weighted by molar-refractivity contribution is 5.86. The number of rotatable bonds is 23. The van der Waals surface area contributed by atoms with Crippen LogP contribution in [-0.4, -0.2) is 72.5 Å². The van der Waals surface area contributed by atoms with Crippen LogP contribution >= 0.6 is 0 Å². The van der Waals surface area contributed by atoms with Gasteiger partial charge in [0.25, 0.3) is 5.91 Å². The zero-order valence-electron chi connectivity index (χ0n) is 27.0. The maximum absolute atomic E-state index is 13.0. The third-order valence-corrected chi connectivity index (χ3v) is 7.08. The van der Waals surface area contributed by atoms with E-state index in [2.05, 4.69) is 26.0 Å². The average Bonchev–Trinajstić information content (AvgIpc) is 3.06. The molecule has 2 rings (SSSR count). The molecule has 0 aliphatic heterocycles. The van der Waals surface area contributed by atoms with Gasteiger partial charge in [0.15, 0.2) is 0 Å². The summed E-state index contributed by atoms with van der Waals surface area (Å²) in [5, 5.41) is 20.4. The summed E-state index contributed by atoms with van der Waals surface area (Å²) >= 11 is 0. The van der Waals surface area contributed by atoms with E-state index < -0.39 is 24.3 Å². The highest BCUT2D eigenvalue weighted by Crippen LogP contribution is 2.08. The topological polar surface area (TPSA) is 195 Å². The summed E-state index contributed by atoms with van der Waals surface area (Å²) in [4.78, 5) is 53.8. The number of nitrogens with one attached hydrogen (secondary N) is 3. The second-order valence-corrected chi connectivity index (χ2v) is 11.0. The van der Waals surface area contributed by atoms with Crippen LogP contribution in [0.4, 0.5) is 9.59 Å². The summed E-state index contributed by atoms with van der Waals surface area (Å²) in [6, 6.07) is 18.3. The van der Waals surface area contributed by atoms with Gasteiger partial charge in [-0.3, -0.25) is 9.59 Å². The Bertz CT molecular complexity index is 1260. The maximum atomic E-state index is 13.0. The summed E-state index contributed by atoms with van der Waals surface area (Å²) in [6.07, 6.45) is 1.91.